The molecule has 2 aromatic rings. The predicted octanol–water partition coefficient (Wildman–Crippen LogP) is 3.86. The fourth-order valence-electron chi connectivity index (χ4n) is 2.55. The molecule has 1 heterocycles. The van der Waals surface area contributed by atoms with Gasteiger partial charge in [-0.2, -0.15) is 0 Å². The van der Waals surface area contributed by atoms with Crippen molar-refractivity contribution in [1.82, 2.24) is 10.3 Å². The average Bonchev–Trinajstić information content (AvgIpc) is 2.94. The quantitative estimate of drug-likeness (QED) is 0.806. The van der Waals surface area contributed by atoms with E-state index < -0.39 is 11.7 Å². The number of fused-ring (bicyclic) bond motifs is 1. The highest BCUT2D eigenvalue weighted by molar-refractivity contribution is 5.90. The summed E-state index contributed by atoms with van der Waals surface area (Å²) < 4.78 is 10.3. The van der Waals surface area contributed by atoms with Gasteiger partial charge in [0.05, 0.1) is 12.5 Å². The van der Waals surface area contributed by atoms with Crippen LogP contribution < -0.4 is 5.32 Å². The van der Waals surface area contributed by atoms with E-state index in [1.54, 1.807) is 6.92 Å². The number of ether oxygens (including phenoxy) is 2. The Morgan fingerprint density at radius 3 is 2.64 bits per heavy atom. The maximum atomic E-state index is 11.9. The van der Waals surface area contributed by atoms with Crippen LogP contribution in [0.2, 0.25) is 0 Å². The number of H-pyrrole nitrogens is 1. The maximum absolute atomic E-state index is 11.9. The van der Waals surface area contributed by atoms with Crippen LogP contribution in [0.1, 0.15) is 51.7 Å². The Morgan fingerprint density at radius 2 is 2.00 bits per heavy atom. The summed E-state index contributed by atoms with van der Waals surface area (Å²) in [5.41, 5.74) is 2.23. The number of hydrogen-bond acceptors (Lipinski definition) is 4. The molecule has 0 spiro atoms. The number of amides is 1. The number of aromatic nitrogens is 1. The van der Waals surface area contributed by atoms with Gasteiger partial charge in [-0.1, -0.05) is 12.1 Å². The summed E-state index contributed by atoms with van der Waals surface area (Å²) in [7, 11) is 0. The molecular weight excluding hydrogens is 320 g/mol. The molecule has 2 N–H and O–H groups in total. The van der Waals surface area contributed by atoms with Crippen molar-refractivity contribution in [2.45, 2.75) is 52.7 Å². The molecule has 0 saturated carbocycles. The lowest BCUT2D eigenvalue weighted by molar-refractivity contribution is -0.144. The van der Waals surface area contributed by atoms with Gasteiger partial charge in [0.2, 0.25) is 0 Å². The predicted molar refractivity (Wildman–Crippen MR) is 96.4 cm³/mol. The van der Waals surface area contributed by atoms with E-state index in [4.69, 9.17) is 9.47 Å². The van der Waals surface area contributed by atoms with Gasteiger partial charge in [-0.25, -0.2) is 4.79 Å². The second-order valence-electron chi connectivity index (χ2n) is 6.95. The lowest BCUT2D eigenvalue weighted by atomic mass is 10.00. The zero-order valence-corrected chi connectivity index (χ0v) is 15.4. The molecule has 1 aromatic heterocycles. The maximum Gasteiger partial charge on any atom is 0.407 e. The van der Waals surface area contributed by atoms with Crippen molar-refractivity contribution in [3.8, 4) is 0 Å². The lowest BCUT2D eigenvalue weighted by Crippen LogP contribution is -2.32. The van der Waals surface area contributed by atoms with Gasteiger partial charge in [-0.05, 0) is 51.8 Å². The summed E-state index contributed by atoms with van der Waals surface area (Å²) in [6.45, 7) is 9.83. The number of alkyl carbamates (subject to hydrolysis) is 1. The molecule has 0 bridgehead atoms. The number of nitrogens with one attached hydrogen (secondary N) is 2. The van der Waals surface area contributed by atoms with Crippen LogP contribution in [-0.2, 0) is 20.8 Å². The minimum Gasteiger partial charge on any atom is -0.466 e. The average molecular weight is 346 g/mol. The largest absolute Gasteiger partial charge is 0.466 e. The van der Waals surface area contributed by atoms with Crippen LogP contribution >= 0.6 is 0 Å². The van der Waals surface area contributed by atoms with Gasteiger partial charge in [0.25, 0.3) is 0 Å². The first-order valence-corrected chi connectivity index (χ1v) is 8.44. The molecule has 0 aliphatic heterocycles. The molecule has 25 heavy (non-hydrogen) atoms. The summed E-state index contributed by atoms with van der Waals surface area (Å²) in [4.78, 5) is 26.9. The van der Waals surface area contributed by atoms with E-state index in [1.165, 1.54) is 0 Å². The third-order valence-corrected chi connectivity index (χ3v) is 3.72. The van der Waals surface area contributed by atoms with Gasteiger partial charge < -0.3 is 19.8 Å². The lowest BCUT2D eigenvalue weighted by Gasteiger charge is -2.19. The Hall–Kier alpha value is -2.50. The molecule has 1 atom stereocenters. The van der Waals surface area contributed by atoms with Crippen LogP contribution in [0.3, 0.4) is 0 Å². The molecule has 0 saturated heterocycles. The third-order valence-electron chi connectivity index (χ3n) is 3.72. The number of carbonyl (C=O) groups is 2. The van der Waals surface area contributed by atoms with Crippen LogP contribution in [0.15, 0.2) is 24.4 Å². The van der Waals surface area contributed by atoms with Gasteiger partial charge in [0.1, 0.15) is 5.60 Å². The highest BCUT2D eigenvalue weighted by Gasteiger charge is 2.20. The highest BCUT2D eigenvalue weighted by atomic mass is 16.6. The molecule has 1 unspecified atom stereocenters. The fourth-order valence-corrected chi connectivity index (χ4v) is 2.55. The van der Waals surface area contributed by atoms with E-state index >= 15 is 0 Å². The molecule has 1 amide bonds. The van der Waals surface area contributed by atoms with Crippen molar-refractivity contribution in [2.75, 3.05) is 6.61 Å². The number of esters is 1. The number of carbonyl (C=O) groups excluding carboxylic acids is 2. The van der Waals surface area contributed by atoms with Crippen molar-refractivity contribution in [3.05, 3.63) is 35.5 Å². The normalized spacial score (nSPS) is 12.7. The zero-order valence-electron chi connectivity index (χ0n) is 15.4. The van der Waals surface area contributed by atoms with E-state index in [0.29, 0.717) is 13.2 Å². The smallest absolute Gasteiger partial charge is 0.407 e. The molecule has 0 fully saturated rings. The van der Waals surface area contributed by atoms with E-state index in [9.17, 15) is 9.59 Å². The van der Waals surface area contributed by atoms with Gasteiger partial charge >= 0.3 is 12.1 Å². The molecular formula is C19H26N2O4. The minimum absolute atomic E-state index is 0.237. The number of hydrogen-bond donors (Lipinski definition) is 2. The number of aromatic amines is 1. The molecule has 1 aromatic carbocycles. The first-order chi connectivity index (χ1) is 11.7. The highest BCUT2D eigenvalue weighted by Crippen LogP contribution is 2.27. The van der Waals surface area contributed by atoms with Crippen LogP contribution in [-0.4, -0.2) is 29.3 Å². The van der Waals surface area contributed by atoms with Crippen LogP contribution in [0, 0.1) is 0 Å². The minimum atomic E-state index is -0.522. The summed E-state index contributed by atoms with van der Waals surface area (Å²) in [6.07, 6.45) is 1.38. The van der Waals surface area contributed by atoms with Crippen molar-refractivity contribution >= 4 is 23.0 Å². The van der Waals surface area contributed by atoms with Gasteiger partial charge in [0, 0.05) is 23.6 Å². The van der Waals surface area contributed by atoms with Crippen molar-refractivity contribution in [1.29, 1.82) is 0 Å². The summed E-state index contributed by atoms with van der Waals surface area (Å²) >= 11 is 0. The van der Waals surface area contributed by atoms with E-state index in [2.05, 4.69) is 10.3 Å². The van der Waals surface area contributed by atoms with E-state index in [1.807, 2.05) is 52.1 Å². The second kappa shape index (κ2) is 7.59. The van der Waals surface area contributed by atoms with Gasteiger partial charge in [-0.3, -0.25) is 4.79 Å². The zero-order chi connectivity index (χ0) is 18.6. The standard InChI is InChI=1S/C19H26N2O4/c1-6-24-17(22)12(2)15-11-20-16-9-13(7-8-14(15)16)10-21-18(23)25-19(3,4)5/h7-9,11-12,20H,6,10H2,1-5H3,(H,21,23). The van der Waals surface area contributed by atoms with Gasteiger partial charge in [0.15, 0.2) is 0 Å². The second-order valence-corrected chi connectivity index (χ2v) is 6.95. The summed E-state index contributed by atoms with van der Waals surface area (Å²) in [6, 6.07) is 5.83. The monoisotopic (exact) mass is 346 g/mol. The van der Waals surface area contributed by atoms with Crippen LogP contribution in [0.25, 0.3) is 10.9 Å². The first-order valence-electron chi connectivity index (χ1n) is 8.44. The molecule has 2 rings (SSSR count). The van der Waals surface area contributed by atoms with E-state index in [-0.39, 0.29) is 11.9 Å². The Kier molecular flexibility index (Phi) is 5.72. The molecule has 6 heteroatoms. The Morgan fingerprint density at radius 1 is 1.28 bits per heavy atom. The number of benzene rings is 1. The van der Waals surface area contributed by atoms with Crippen molar-refractivity contribution in [2.24, 2.45) is 0 Å². The topological polar surface area (TPSA) is 80.4 Å². The fraction of sp³-hybridized carbons (Fsp3) is 0.474. The molecule has 0 radical (unpaired) electrons. The molecule has 0 aliphatic rings. The van der Waals surface area contributed by atoms with E-state index in [0.717, 1.165) is 22.0 Å². The Bertz CT molecular complexity index is 758. The third kappa shape index (κ3) is 4.98. The molecule has 0 aliphatic carbocycles. The van der Waals surface area contributed by atoms with Crippen molar-refractivity contribution in [3.63, 3.8) is 0 Å². The summed E-state index contributed by atoms with van der Waals surface area (Å²) in [5, 5.41) is 3.71. The Balaban J connectivity index is 2.09. The first kappa shape index (κ1) is 18.8. The molecule has 136 valence electrons. The Labute approximate surface area is 147 Å². The van der Waals surface area contributed by atoms with Gasteiger partial charge in [-0.15, -0.1) is 0 Å². The molecule has 6 nitrogen and oxygen atoms in total. The van der Waals surface area contributed by atoms with Crippen LogP contribution in [0.4, 0.5) is 4.79 Å². The number of rotatable bonds is 5. The van der Waals surface area contributed by atoms with Crippen molar-refractivity contribution < 1.29 is 19.1 Å². The summed E-state index contributed by atoms with van der Waals surface area (Å²) in [5.74, 6) is -0.571. The SMILES string of the molecule is CCOC(=O)C(C)c1c[nH]c2cc(CNC(=O)OC(C)(C)C)ccc12. The van der Waals surface area contributed by atoms with Crippen LogP contribution in [0.5, 0.6) is 0 Å².